The van der Waals surface area contributed by atoms with Gasteiger partial charge in [0.2, 0.25) is 5.91 Å². The van der Waals surface area contributed by atoms with Crippen molar-refractivity contribution in [3.8, 4) is 0 Å². The molecule has 1 saturated carbocycles. The fourth-order valence-corrected chi connectivity index (χ4v) is 4.57. The first-order valence-electron chi connectivity index (χ1n) is 9.62. The molecule has 1 amide bonds. The fraction of sp³-hybridized carbons (Fsp3) is 0.348. The summed E-state index contributed by atoms with van der Waals surface area (Å²) < 4.78 is 15.5. The van der Waals surface area contributed by atoms with Gasteiger partial charge in [-0.25, -0.2) is 4.39 Å². The number of likely N-dealkylation sites (N-methyl/N-ethyl adjacent to an activating group) is 1. The minimum Gasteiger partial charge on any atom is -0.342 e. The number of fused-ring (bicyclic) bond motifs is 3. The topological polar surface area (TPSA) is 24.7 Å². The van der Waals surface area contributed by atoms with Crippen LogP contribution in [0.2, 0.25) is 0 Å². The predicted molar refractivity (Wildman–Crippen MR) is 102 cm³/mol. The fourth-order valence-electron chi connectivity index (χ4n) is 4.57. The minimum absolute atomic E-state index is 0.174. The van der Waals surface area contributed by atoms with Gasteiger partial charge in [-0.1, -0.05) is 18.2 Å². The summed E-state index contributed by atoms with van der Waals surface area (Å²) >= 11 is 0. The molecule has 4 heteroatoms. The molecule has 0 bridgehead atoms. The van der Waals surface area contributed by atoms with Gasteiger partial charge in [0, 0.05) is 37.5 Å². The van der Waals surface area contributed by atoms with Crippen LogP contribution in [0.3, 0.4) is 0 Å². The third-order valence-corrected chi connectivity index (χ3v) is 6.36. The van der Waals surface area contributed by atoms with Crippen molar-refractivity contribution in [2.75, 3.05) is 7.05 Å². The Morgan fingerprint density at radius 3 is 2.74 bits per heavy atom. The maximum atomic E-state index is 13.3. The molecular formula is C23H22FN2O. The number of nitrogens with zero attached hydrogens (tertiary/aromatic N) is 2. The van der Waals surface area contributed by atoms with Crippen molar-refractivity contribution in [1.29, 1.82) is 0 Å². The summed E-state index contributed by atoms with van der Waals surface area (Å²) in [4.78, 5) is 15.3. The number of pyridine rings is 1. The van der Waals surface area contributed by atoms with Gasteiger partial charge >= 0.3 is 0 Å². The number of hydrogen-bond donors (Lipinski definition) is 0. The lowest BCUT2D eigenvalue weighted by molar-refractivity contribution is -0.135. The lowest BCUT2D eigenvalue weighted by Gasteiger charge is -2.34. The normalized spacial score (nSPS) is 20.3. The van der Waals surface area contributed by atoms with Gasteiger partial charge in [0.1, 0.15) is 5.82 Å². The second-order valence-electron chi connectivity index (χ2n) is 7.91. The van der Waals surface area contributed by atoms with Gasteiger partial charge in [-0.15, -0.1) is 0 Å². The smallest absolute Gasteiger partial charge is 0.233 e. The van der Waals surface area contributed by atoms with E-state index in [2.05, 4.69) is 22.7 Å². The average Bonchev–Trinajstić information content (AvgIpc) is 3.42. The van der Waals surface area contributed by atoms with Gasteiger partial charge < -0.3 is 9.30 Å². The zero-order valence-electron chi connectivity index (χ0n) is 15.4. The molecule has 0 saturated heterocycles. The molecule has 1 atom stereocenters. The number of rotatable bonds is 3. The average molecular weight is 361 g/mol. The van der Waals surface area contributed by atoms with Crippen LogP contribution in [0.5, 0.6) is 0 Å². The van der Waals surface area contributed by atoms with Gasteiger partial charge in [0.15, 0.2) is 0 Å². The molecule has 3 aromatic rings. The largest absolute Gasteiger partial charge is 0.342 e. The number of benzene rings is 1. The first kappa shape index (κ1) is 16.5. The zero-order valence-corrected chi connectivity index (χ0v) is 15.4. The van der Waals surface area contributed by atoms with Crippen LogP contribution >= 0.6 is 0 Å². The minimum atomic E-state index is -0.448. The Balaban J connectivity index is 1.40. The molecular weight excluding hydrogens is 339 g/mol. The molecule has 5 rings (SSSR count). The van der Waals surface area contributed by atoms with Crippen molar-refractivity contribution in [1.82, 2.24) is 9.30 Å². The van der Waals surface area contributed by atoms with E-state index < -0.39 is 5.41 Å². The molecule has 0 aliphatic heterocycles. The first-order chi connectivity index (χ1) is 13.1. The predicted octanol–water partition coefficient (Wildman–Crippen LogP) is 3.93. The van der Waals surface area contributed by atoms with Crippen molar-refractivity contribution < 1.29 is 9.18 Å². The number of carbonyl (C=O) groups is 1. The van der Waals surface area contributed by atoms with E-state index in [1.54, 1.807) is 12.1 Å². The van der Waals surface area contributed by atoms with Gasteiger partial charge in [-0.2, -0.15) is 0 Å². The highest BCUT2D eigenvalue weighted by Crippen LogP contribution is 2.50. The molecule has 3 nitrogen and oxygen atoms in total. The Hall–Kier alpha value is -2.62. The molecule has 0 N–H and O–H groups in total. The van der Waals surface area contributed by atoms with Crippen LogP contribution in [0.25, 0.3) is 5.52 Å². The number of amides is 1. The van der Waals surface area contributed by atoms with E-state index in [0.29, 0.717) is 0 Å². The highest BCUT2D eigenvalue weighted by molar-refractivity contribution is 5.91. The van der Waals surface area contributed by atoms with E-state index in [4.69, 9.17) is 0 Å². The monoisotopic (exact) mass is 361 g/mol. The molecule has 1 fully saturated rings. The molecule has 1 radical (unpaired) electrons. The highest BCUT2D eigenvalue weighted by Gasteiger charge is 2.53. The third kappa shape index (κ3) is 2.58. The second-order valence-corrected chi connectivity index (χ2v) is 7.91. The SMILES string of the molecule is CN(C(=O)C1(c2ccc(F)cc2)CC1)[C@@H]1CCc2[c]c3ccccn3c2C1. The molecule has 2 aliphatic rings. The Morgan fingerprint density at radius 1 is 1.22 bits per heavy atom. The number of aryl methyl sites for hydroxylation is 1. The van der Waals surface area contributed by atoms with Gasteiger partial charge in [-0.05, 0) is 61.1 Å². The summed E-state index contributed by atoms with van der Waals surface area (Å²) in [6.07, 6.45) is 6.54. The summed E-state index contributed by atoms with van der Waals surface area (Å²) in [5.41, 5.74) is 4.14. The standard InChI is InChI=1S/C23H22FN2O/c1-25(22(27)23(11-12-23)17-6-8-18(24)9-7-17)19-10-5-16-14-20-4-2-3-13-26(20)21(16)15-19/h2-4,6-9,13,19H,5,10-12,15H2,1H3/t19-/m1/s1. The van der Waals surface area contributed by atoms with E-state index >= 15 is 0 Å². The van der Waals surface area contributed by atoms with Crippen LogP contribution in [0.1, 0.15) is 36.1 Å². The van der Waals surface area contributed by atoms with Crippen LogP contribution < -0.4 is 0 Å². The second kappa shape index (κ2) is 5.95. The molecule has 2 aliphatic carbocycles. The lowest BCUT2D eigenvalue weighted by atomic mass is 9.89. The molecule has 2 heterocycles. The number of aromatic nitrogens is 1. The van der Waals surface area contributed by atoms with E-state index in [1.165, 1.54) is 23.4 Å². The summed E-state index contributed by atoms with van der Waals surface area (Å²) in [5, 5.41) is 0. The van der Waals surface area contributed by atoms with Crippen molar-refractivity contribution in [2.24, 2.45) is 0 Å². The molecule has 2 aromatic heterocycles. The zero-order chi connectivity index (χ0) is 18.6. The van der Waals surface area contributed by atoms with Crippen molar-refractivity contribution in [2.45, 2.75) is 43.6 Å². The summed E-state index contributed by atoms with van der Waals surface area (Å²) in [6.45, 7) is 0. The Morgan fingerprint density at radius 2 is 2.00 bits per heavy atom. The Bertz CT molecular complexity index is 1020. The Labute approximate surface area is 158 Å². The molecule has 1 aromatic carbocycles. The quantitative estimate of drug-likeness (QED) is 0.694. The Kier molecular flexibility index (Phi) is 3.64. The highest BCUT2D eigenvalue weighted by atomic mass is 19.1. The van der Waals surface area contributed by atoms with E-state index in [-0.39, 0.29) is 17.8 Å². The number of carbonyl (C=O) groups excluding carboxylic acids is 1. The van der Waals surface area contributed by atoms with Crippen molar-refractivity contribution in [3.05, 3.63) is 77.4 Å². The molecule has 0 unspecified atom stereocenters. The van der Waals surface area contributed by atoms with Crippen LogP contribution in [-0.4, -0.2) is 28.3 Å². The van der Waals surface area contributed by atoms with E-state index in [9.17, 15) is 9.18 Å². The van der Waals surface area contributed by atoms with Crippen molar-refractivity contribution in [3.63, 3.8) is 0 Å². The molecule has 27 heavy (non-hydrogen) atoms. The maximum absolute atomic E-state index is 13.3. The van der Waals surface area contributed by atoms with Crippen LogP contribution in [-0.2, 0) is 23.1 Å². The molecule has 137 valence electrons. The van der Waals surface area contributed by atoms with Gasteiger partial charge in [-0.3, -0.25) is 4.79 Å². The molecule has 0 spiro atoms. The van der Waals surface area contributed by atoms with Gasteiger partial charge in [0.05, 0.1) is 10.9 Å². The van der Waals surface area contributed by atoms with Crippen LogP contribution in [0.4, 0.5) is 4.39 Å². The summed E-state index contributed by atoms with van der Waals surface area (Å²) in [6, 6.07) is 16.3. The van der Waals surface area contributed by atoms with E-state index in [1.807, 2.05) is 24.1 Å². The lowest BCUT2D eigenvalue weighted by Crippen LogP contribution is -2.45. The number of hydrogen-bond acceptors (Lipinski definition) is 1. The summed E-state index contributed by atoms with van der Waals surface area (Å²) in [5.74, 6) is -0.0843. The first-order valence-corrected chi connectivity index (χ1v) is 9.62. The van der Waals surface area contributed by atoms with Crippen LogP contribution in [0, 0.1) is 11.9 Å². The number of halogens is 1. The van der Waals surface area contributed by atoms with E-state index in [0.717, 1.165) is 43.2 Å². The third-order valence-electron chi connectivity index (χ3n) is 6.36. The van der Waals surface area contributed by atoms with Crippen molar-refractivity contribution >= 4 is 11.4 Å². The maximum Gasteiger partial charge on any atom is 0.233 e. The van der Waals surface area contributed by atoms with Crippen LogP contribution in [0.15, 0.2) is 48.7 Å². The van der Waals surface area contributed by atoms with Gasteiger partial charge in [0.25, 0.3) is 0 Å². The summed E-state index contributed by atoms with van der Waals surface area (Å²) in [7, 11) is 1.93.